The number of fused-ring (bicyclic) bond motifs is 1. The fraction of sp³-hybridized carbons (Fsp3) is 0.139. The van der Waals surface area contributed by atoms with Gasteiger partial charge in [-0.15, -0.1) is 0 Å². The maximum absolute atomic E-state index is 14.3. The molecule has 6 aromatic rings. The SMILES string of the molecule is CN(C)CC(=O)NCCc1ccc(Nc2nccc(-c3c(-c4cccc(NC(=O)c5cccc(F)c5F)c4)nc4ccccn34)n2)cc1. The largest absolute Gasteiger partial charge is 0.355 e. The number of benzene rings is 3. The van der Waals surface area contributed by atoms with Crippen LogP contribution in [0.25, 0.3) is 28.3 Å². The molecule has 0 radical (unpaired) electrons. The van der Waals surface area contributed by atoms with Gasteiger partial charge >= 0.3 is 0 Å². The van der Waals surface area contributed by atoms with Crippen molar-refractivity contribution in [3.05, 3.63) is 126 Å². The van der Waals surface area contributed by atoms with E-state index in [4.69, 9.17) is 9.97 Å². The molecular weight excluding hydrogens is 614 g/mol. The second-order valence-corrected chi connectivity index (χ2v) is 11.3. The predicted molar refractivity (Wildman–Crippen MR) is 181 cm³/mol. The number of carbonyl (C=O) groups is 2. The van der Waals surface area contributed by atoms with Crippen LogP contribution in [0.3, 0.4) is 0 Å². The van der Waals surface area contributed by atoms with E-state index >= 15 is 0 Å². The third kappa shape index (κ3) is 7.34. The smallest absolute Gasteiger partial charge is 0.258 e. The minimum absolute atomic E-state index is 0.0125. The van der Waals surface area contributed by atoms with Gasteiger partial charge in [-0.25, -0.2) is 23.7 Å². The van der Waals surface area contributed by atoms with Crippen LogP contribution >= 0.6 is 0 Å². The van der Waals surface area contributed by atoms with Crippen LogP contribution in [0.15, 0.2) is 103 Å². The molecule has 0 atom stereocenters. The molecule has 3 aromatic carbocycles. The second-order valence-electron chi connectivity index (χ2n) is 11.3. The average molecular weight is 647 g/mol. The van der Waals surface area contributed by atoms with E-state index < -0.39 is 23.1 Å². The lowest BCUT2D eigenvalue weighted by atomic mass is 10.1. The third-order valence-electron chi connectivity index (χ3n) is 7.42. The Balaban J connectivity index is 1.23. The van der Waals surface area contributed by atoms with E-state index in [2.05, 4.69) is 20.9 Å². The van der Waals surface area contributed by atoms with Gasteiger partial charge in [0.05, 0.1) is 29.2 Å². The quantitative estimate of drug-likeness (QED) is 0.159. The Morgan fingerprint density at radius 1 is 0.875 bits per heavy atom. The molecule has 48 heavy (non-hydrogen) atoms. The number of nitrogens with zero attached hydrogens (tertiary/aromatic N) is 5. The molecule has 0 unspecified atom stereocenters. The molecule has 0 saturated heterocycles. The van der Waals surface area contributed by atoms with Crippen LogP contribution in [0.5, 0.6) is 0 Å². The van der Waals surface area contributed by atoms with Crippen molar-refractivity contribution in [2.24, 2.45) is 0 Å². The van der Waals surface area contributed by atoms with Gasteiger partial charge in [0.1, 0.15) is 5.65 Å². The second kappa shape index (κ2) is 14.2. The molecule has 3 N–H and O–H groups in total. The summed E-state index contributed by atoms with van der Waals surface area (Å²) in [5.41, 5.74) is 5.11. The van der Waals surface area contributed by atoms with E-state index in [-0.39, 0.29) is 5.91 Å². The summed E-state index contributed by atoms with van der Waals surface area (Å²) in [6.45, 7) is 0.899. The highest BCUT2D eigenvalue weighted by Gasteiger charge is 2.19. The maximum atomic E-state index is 14.3. The zero-order chi connectivity index (χ0) is 33.6. The first-order valence-corrected chi connectivity index (χ1v) is 15.2. The van der Waals surface area contributed by atoms with Crippen molar-refractivity contribution >= 4 is 34.8 Å². The number of imidazole rings is 1. The highest BCUT2D eigenvalue weighted by atomic mass is 19.2. The topological polar surface area (TPSA) is 117 Å². The van der Waals surface area contributed by atoms with E-state index in [0.29, 0.717) is 59.4 Å². The molecule has 3 aromatic heterocycles. The van der Waals surface area contributed by atoms with Crippen LogP contribution in [-0.4, -0.2) is 63.3 Å². The van der Waals surface area contributed by atoms with Crippen LogP contribution in [0.4, 0.5) is 26.1 Å². The normalized spacial score (nSPS) is 11.1. The van der Waals surface area contributed by atoms with Crippen molar-refractivity contribution in [3.8, 4) is 22.6 Å². The molecule has 0 aliphatic heterocycles. The van der Waals surface area contributed by atoms with Crippen LogP contribution in [0.1, 0.15) is 15.9 Å². The van der Waals surface area contributed by atoms with Gasteiger partial charge in [0.2, 0.25) is 11.9 Å². The molecular formula is C36H32F2N8O2. The lowest BCUT2D eigenvalue weighted by Crippen LogP contribution is -2.34. The molecule has 0 bridgehead atoms. The Bertz CT molecular complexity index is 2100. The van der Waals surface area contributed by atoms with Crippen molar-refractivity contribution in [3.63, 3.8) is 0 Å². The van der Waals surface area contributed by atoms with Crippen LogP contribution < -0.4 is 16.0 Å². The van der Waals surface area contributed by atoms with Gasteiger partial charge < -0.3 is 20.9 Å². The van der Waals surface area contributed by atoms with Crippen molar-refractivity contribution in [1.82, 2.24) is 29.6 Å². The number of aromatic nitrogens is 4. The van der Waals surface area contributed by atoms with Crippen molar-refractivity contribution < 1.29 is 18.4 Å². The van der Waals surface area contributed by atoms with E-state index in [0.717, 1.165) is 17.3 Å². The number of anilines is 3. The van der Waals surface area contributed by atoms with Crippen molar-refractivity contribution in [1.29, 1.82) is 0 Å². The molecule has 2 amide bonds. The first kappa shape index (κ1) is 32.0. The Labute approximate surface area is 275 Å². The maximum Gasteiger partial charge on any atom is 0.258 e. The van der Waals surface area contributed by atoms with E-state index in [9.17, 15) is 18.4 Å². The number of halogens is 2. The molecule has 242 valence electrons. The molecule has 0 saturated carbocycles. The molecule has 3 heterocycles. The number of hydrogen-bond donors (Lipinski definition) is 3. The summed E-state index contributed by atoms with van der Waals surface area (Å²) in [6, 6.07) is 25.7. The number of amides is 2. The lowest BCUT2D eigenvalue weighted by molar-refractivity contribution is -0.121. The van der Waals surface area contributed by atoms with E-state index in [1.54, 1.807) is 30.5 Å². The molecule has 0 aliphatic carbocycles. The molecule has 0 aliphatic rings. The van der Waals surface area contributed by atoms with Gasteiger partial charge in [-0.05, 0) is 80.7 Å². The Morgan fingerprint density at radius 2 is 1.69 bits per heavy atom. The highest BCUT2D eigenvalue weighted by molar-refractivity contribution is 6.04. The Hall–Kier alpha value is -6.01. The van der Waals surface area contributed by atoms with Gasteiger partial charge in [-0.1, -0.05) is 36.4 Å². The summed E-state index contributed by atoms with van der Waals surface area (Å²) in [7, 11) is 3.71. The number of carbonyl (C=O) groups excluding carboxylic acids is 2. The molecule has 12 heteroatoms. The predicted octanol–water partition coefficient (Wildman–Crippen LogP) is 5.95. The standard InChI is InChI=1S/C36H32F2N8O2/c1-45(2)22-31(47)39-18-16-23-12-14-25(15-13-23)42-36-40-19-17-29(43-36)34-33(44-30-11-3-4-20-46(30)34)24-7-5-8-26(21-24)41-35(48)27-9-6-10-28(37)32(27)38/h3-15,17,19-21H,16,18,22H2,1-2H3,(H,39,47)(H,41,48)(H,40,42,43). The summed E-state index contributed by atoms with van der Waals surface area (Å²) in [4.78, 5) is 40.6. The Morgan fingerprint density at radius 3 is 2.50 bits per heavy atom. The first-order chi connectivity index (χ1) is 23.2. The van der Waals surface area contributed by atoms with E-state index in [1.807, 2.05) is 78.1 Å². The van der Waals surface area contributed by atoms with Gasteiger partial charge in [0, 0.05) is 35.9 Å². The Kier molecular flexibility index (Phi) is 9.44. The first-order valence-electron chi connectivity index (χ1n) is 15.2. The average Bonchev–Trinajstić information content (AvgIpc) is 3.47. The van der Waals surface area contributed by atoms with Gasteiger partial charge in [0.15, 0.2) is 11.6 Å². The highest BCUT2D eigenvalue weighted by Crippen LogP contribution is 2.33. The fourth-order valence-electron chi connectivity index (χ4n) is 5.19. The van der Waals surface area contributed by atoms with Crippen molar-refractivity contribution in [2.75, 3.05) is 37.8 Å². The summed E-state index contributed by atoms with van der Waals surface area (Å²) in [6.07, 6.45) is 4.25. The summed E-state index contributed by atoms with van der Waals surface area (Å²) < 4.78 is 29.9. The zero-order valence-corrected chi connectivity index (χ0v) is 26.2. The summed E-state index contributed by atoms with van der Waals surface area (Å²) >= 11 is 0. The number of pyridine rings is 1. The lowest BCUT2D eigenvalue weighted by Gasteiger charge is -2.11. The fourth-order valence-corrected chi connectivity index (χ4v) is 5.19. The number of rotatable bonds is 11. The van der Waals surface area contributed by atoms with Gasteiger partial charge in [-0.3, -0.25) is 14.0 Å². The molecule has 6 rings (SSSR count). The van der Waals surface area contributed by atoms with Crippen LogP contribution in [0.2, 0.25) is 0 Å². The minimum Gasteiger partial charge on any atom is -0.355 e. The summed E-state index contributed by atoms with van der Waals surface area (Å²) in [5, 5.41) is 8.84. The van der Waals surface area contributed by atoms with E-state index in [1.165, 1.54) is 12.1 Å². The monoisotopic (exact) mass is 646 g/mol. The van der Waals surface area contributed by atoms with Crippen molar-refractivity contribution in [2.45, 2.75) is 6.42 Å². The third-order valence-corrected chi connectivity index (χ3v) is 7.42. The number of hydrogen-bond acceptors (Lipinski definition) is 7. The molecule has 10 nitrogen and oxygen atoms in total. The van der Waals surface area contributed by atoms with Gasteiger partial charge in [0.25, 0.3) is 5.91 Å². The number of likely N-dealkylation sites (N-methyl/N-ethyl adjacent to an activating group) is 1. The zero-order valence-electron chi connectivity index (χ0n) is 26.2. The summed E-state index contributed by atoms with van der Waals surface area (Å²) in [5.74, 6) is -2.71. The van der Waals surface area contributed by atoms with Gasteiger partial charge in [-0.2, -0.15) is 0 Å². The van der Waals surface area contributed by atoms with Crippen LogP contribution in [-0.2, 0) is 11.2 Å². The number of nitrogens with one attached hydrogen (secondary N) is 3. The molecule has 0 spiro atoms. The molecule has 0 fully saturated rings. The minimum atomic E-state index is -1.21. The van der Waals surface area contributed by atoms with Crippen LogP contribution in [0, 0.1) is 11.6 Å².